The van der Waals surface area contributed by atoms with E-state index in [1.807, 2.05) is 11.0 Å². The van der Waals surface area contributed by atoms with Gasteiger partial charge in [-0.1, -0.05) is 18.2 Å². The lowest BCUT2D eigenvalue weighted by Gasteiger charge is -2.36. The number of methoxy groups -OCH3 is 1. The van der Waals surface area contributed by atoms with Gasteiger partial charge in [0.15, 0.2) is 0 Å². The summed E-state index contributed by atoms with van der Waals surface area (Å²) in [6.07, 6.45) is -5.28. The number of carbonyl (C=O) groups is 1. The molecule has 1 fully saturated rings. The molecule has 1 heterocycles. The maximum Gasteiger partial charge on any atom is 0.330 e. The number of amides is 1. The van der Waals surface area contributed by atoms with Gasteiger partial charge in [-0.3, -0.25) is 9.69 Å². The Morgan fingerprint density at radius 2 is 2.06 bits per heavy atom. The summed E-state index contributed by atoms with van der Waals surface area (Å²) >= 11 is 0. The highest BCUT2D eigenvalue weighted by molar-refractivity contribution is 5.94. The van der Waals surface area contributed by atoms with E-state index in [0.29, 0.717) is 45.0 Å². The number of β-amino-alcohol motifs (C(OH)–C–C–N with tert-alkyl or cyclic N) is 1. The van der Waals surface area contributed by atoms with Crippen LogP contribution in [0.15, 0.2) is 30.3 Å². The largest absolute Gasteiger partial charge is 0.389 e. The van der Waals surface area contributed by atoms with Gasteiger partial charge >= 0.3 is 12.3 Å². The van der Waals surface area contributed by atoms with Crippen LogP contribution in [0.5, 0.6) is 0 Å². The topological polar surface area (TPSA) is 71.5 Å². The van der Waals surface area contributed by atoms with Crippen LogP contribution < -0.4 is 0 Å². The van der Waals surface area contributed by atoms with Crippen LogP contribution in [0.2, 0.25) is 0 Å². The van der Waals surface area contributed by atoms with Crippen LogP contribution in [0.1, 0.15) is 10.4 Å². The normalized spacial score (nSPS) is 18.7. The highest BCUT2D eigenvalue weighted by Crippen LogP contribution is 2.23. The number of aliphatic hydroxyl groups is 1. The first-order valence-electron chi connectivity index (χ1n) is 10.3. The van der Waals surface area contributed by atoms with E-state index in [1.165, 1.54) is 0 Å². The summed E-state index contributed by atoms with van der Waals surface area (Å²) in [5.41, 5.74) is 0.546. The second-order valence-electron chi connectivity index (χ2n) is 7.59. The molecule has 32 heavy (non-hydrogen) atoms. The summed E-state index contributed by atoms with van der Waals surface area (Å²) in [6.45, 7) is 0.444. The number of hydrogen-bond acceptors (Lipinski definition) is 6. The lowest BCUT2D eigenvalue weighted by atomic mass is 10.1. The molecule has 2 atom stereocenters. The van der Waals surface area contributed by atoms with Crippen LogP contribution in [0, 0.1) is 0 Å². The molecule has 1 aliphatic rings. The van der Waals surface area contributed by atoms with E-state index < -0.39 is 31.7 Å². The standard InChI is InChI=1S/C21H30F4N2O5/c1-30-9-8-27(19(29)16-5-3-2-4-6-16)13-18-12-26(7-10-32-18)11-17(28)14-31-15-21(24,25)20(22)23/h2-6,17-18,20,28H,7-15H2,1H3/t17-,18+/m1/s1. The molecule has 2 rings (SSSR count). The number of nitrogens with zero attached hydrogens (tertiary/aromatic N) is 2. The number of ether oxygens (including phenoxy) is 3. The van der Waals surface area contributed by atoms with Crippen molar-refractivity contribution >= 4 is 5.91 Å². The smallest absolute Gasteiger partial charge is 0.330 e. The monoisotopic (exact) mass is 466 g/mol. The number of hydrogen-bond donors (Lipinski definition) is 1. The highest BCUT2D eigenvalue weighted by Gasteiger charge is 2.41. The molecule has 1 N–H and O–H groups in total. The number of halogens is 4. The molecule has 11 heteroatoms. The van der Waals surface area contributed by atoms with Crippen molar-refractivity contribution in [1.82, 2.24) is 9.80 Å². The first-order valence-corrected chi connectivity index (χ1v) is 10.3. The highest BCUT2D eigenvalue weighted by atomic mass is 19.3. The Morgan fingerprint density at radius 1 is 1.34 bits per heavy atom. The Labute approximate surface area is 184 Å². The van der Waals surface area contributed by atoms with Gasteiger partial charge in [0, 0.05) is 45.4 Å². The summed E-state index contributed by atoms with van der Waals surface area (Å²) in [5, 5.41) is 10.0. The molecule has 0 bridgehead atoms. The summed E-state index contributed by atoms with van der Waals surface area (Å²) < 4.78 is 65.5. The molecule has 0 aliphatic carbocycles. The van der Waals surface area contributed by atoms with Crippen molar-refractivity contribution in [2.45, 2.75) is 24.6 Å². The molecule has 1 aromatic rings. The van der Waals surface area contributed by atoms with E-state index >= 15 is 0 Å². The van der Waals surface area contributed by atoms with E-state index in [4.69, 9.17) is 9.47 Å². The van der Waals surface area contributed by atoms with Crippen LogP contribution in [0.4, 0.5) is 17.6 Å². The molecule has 0 aromatic heterocycles. The minimum atomic E-state index is -4.25. The zero-order valence-corrected chi connectivity index (χ0v) is 18.0. The molecule has 182 valence electrons. The number of benzene rings is 1. The first kappa shape index (κ1) is 26.5. The minimum absolute atomic E-state index is 0.102. The molecule has 7 nitrogen and oxygen atoms in total. The van der Waals surface area contributed by atoms with Crippen LogP contribution in [0.3, 0.4) is 0 Å². The molecule has 1 aromatic carbocycles. The van der Waals surface area contributed by atoms with Crippen LogP contribution >= 0.6 is 0 Å². The summed E-state index contributed by atoms with van der Waals surface area (Å²) in [4.78, 5) is 16.4. The minimum Gasteiger partial charge on any atom is -0.389 e. The molecule has 1 aliphatic heterocycles. The molecule has 0 unspecified atom stereocenters. The molecule has 0 saturated carbocycles. The first-order chi connectivity index (χ1) is 15.2. The Hall–Kier alpha value is -1.79. The van der Waals surface area contributed by atoms with E-state index in [-0.39, 0.29) is 18.6 Å². The molecular formula is C21H30F4N2O5. The molecule has 0 spiro atoms. The lowest BCUT2D eigenvalue weighted by Crippen LogP contribution is -2.51. The predicted octanol–water partition coefficient (Wildman–Crippen LogP) is 1.75. The second kappa shape index (κ2) is 13.0. The van der Waals surface area contributed by atoms with Crippen molar-refractivity contribution in [2.24, 2.45) is 0 Å². The van der Waals surface area contributed by atoms with Crippen molar-refractivity contribution in [1.29, 1.82) is 0 Å². The third-order valence-electron chi connectivity index (χ3n) is 4.91. The SMILES string of the molecule is COCCN(C[C@@H]1CN(C[C@@H](O)COCC(F)(F)C(F)F)CCO1)C(=O)c1ccccc1. The van der Waals surface area contributed by atoms with Crippen molar-refractivity contribution in [2.75, 3.05) is 66.3 Å². The summed E-state index contributed by atoms with van der Waals surface area (Å²) in [6, 6.07) is 8.83. The van der Waals surface area contributed by atoms with Gasteiger partial charge < -0.3 is 24.2 Å². The number of morpholine rings is 1. The predicted molar refractivity (Wildman–Crippen MR) is 108 cm³/mol. The number of aliphatic hydroxyl groups excluding tert-OH is 1. The number of carbonyl (C=O) groups excluding carboxylic acids is 1. The third kappa shape index (κ3) is 8.62. The Balaban J connectivity index is 1.85. The summed E-state index contributed by atoms with van der Waals surface area (Å²) in [7, 11) is 1.55. The zero-order valence-electron chi connectivity index (χ0n) is 18.0. The van der Waals surface area contributed by atoms with Gasteiger partial charge in [0.25, 0.3) is 5.91 Å². The fourth-order valence-electron chi connectivity index (χ4n) is 3.29. The maximum atomic E-state index is 12.9. The van der Waals surface area contributed by atoms with Gasteiger partial charge in [-0.15, -0.1) is 0 Å². The van der Waals surface area contributed by atoms with Gasteiger partial charge in [0.1, 0.15) is 6.61 Å². The molecule has 1 saturated heterocycles. The van der Waals surface area contributed by atoms with E-state index in [9.17, 15) is 27.5 Å². The van der Waals surface area contributed by atoms with Gasteiger partial charge in [0.2, 0.25) is 0 Å². The molecule has 0 radical (unpaired) electrons. The summed E-state index contributed by atoms with van der Waals surface area (Å²) in [5.74, 6) is -4.41. The fourth-order valence-corrected chi connectivity index (χ4v) is 3.29. The van der Waals surface area contributed by atoms with E-state index in [0.717, 1.165) is 0 Å². The van der Waals surface area contributed by atoms with Gasteiger partial charge in [-0.05, 0) is 12.1 Å². The van der Waals surface area contributed by atoms with E-state index in [1.54, 1.807) is 36.3 Å². The Bertz CT molecular complexity index is 683. The van der Waals surface area contributed by atoms with Crippen LogP contribution in [-0.2, 0) is 14.2 Å². The Kier molecular flexibility index (Phi) is 10.8. The average molecular weight is 466 g/mol. The quantitative estimate of drug-likeness (QED) is 0.447. The van der Waals surface area contributed by atoms with Crippen LogP contribution in [-0.4, -0.2) is 112 Å². The third-order valence-corrected chi connectivity index (χ3v) is 4.91. The maximum absolute atomic E-state index is 12.9. The number of rotatable bonds is 13. The van der Waals surface area contributed by atoms with E-state index in [2.05, 4.69) is 4.74 Å². The van der Waals surface area contributed by atoms with Crippen molar-refractivity contribution < 1.29 is 41.7 Å². The lowest BCUT2D eigenvalue weighted by molar-refractivity contribution is -0.171. The van der Waals surface area contributed by atoms with Crippen molar-refractivity contribution in [3.63, 3.8) is 0 Å². The fraction of sp³-hybridized carbons (Fsp3) is 0.667. The van der Waals surface area contributed by atoms with Crippen molar-refractivity contribution in [3.8, 4) is 0 Å². The number of alkyl halides is 4. The van der Waals surface area contributed by atoms with Gasteiger partial charge in [0.05, 0.1) is 32.0 Å². The second-order valence-corrected chi connectivity index (χ2v) is 7.59. The van der Waals surface area contributed by atoms with Crippen LogP contribution in [0.25, 0.3) is 0 Å². The average Bonchev–Trinajstić information content (AvgIpc) is 2.76. The zero-order chi connectivity index (χ0) is 23.6. The molecule has 1 amide bonds. The van der Waals surface area contributed by atoms with Gasteiger partial charge in [-0.25, -0.2) is 8.78 Å². The Morgan fingerprint density at radius 3 is 2.72 bits per heavy atom. The van der Waals surface area contributed by atoms with Gasteiger partial charge in [-0.2, -0.15) is 8.78 Å². The molecular weight excluding hydrogens is 436 g/mol. The van der Waals surface area contributed by atoms with Crippen molar-refractivity contribution in [3.05, 3.63) is 35.9 Å².